The Hall–Kier alpha value is -1.84. The van der Waals surface area contributed by atoms with Gasteiger partial charge in [0.25, 0.3) is 0 Å². The van der Waals surface area contributed by atoms with Gasteiger partial charge < -0.3 is 10.6 Å². The topological polar surface area (TPSA) is 58.2 Å². The van der Waals surface area contributed by atoms with Gasteiger partial charge in [0, 0.05) is 11.7 Å². The number of anilines is 1. The summed E-state index contributed by atoms with van der Waals surface area (Å²) in [5.41, 5.74) is 1.72. The van der Waals surface area contributed by atoms with E-state index in [4.69, 9.17) is 0 Å². The summed E-state index contributed by atoms with van der Waals surface area (Å²) in [5.74, 6) is -1.09. The molecule has 1 saturated carbocycles. The van der Waals surface area contributed by atoms with Crippen molar-refractivity contribution >= 4 is 17.5 Å². The Balaban J connectivity index is 1.83. The summed E-state index contributed by atoms with van der Waals surface area (Å²) in [6.45, 7) is 1.96. The van der Waals surface area contributed by atoms with Crippen molar-refractivity contribution in [1.29, 1.82) is 0 Å². The number of rotatable bonds is 2. The number of carbonyl (C=O) groups excluding carboxylic acids is 2. The number of carbonyl (C=O) groups is 2. The van der Waals surface area contributed by atoms with Crippen molar-refractivity contribution in [1.82, 2.24) is 5.32 Å². The maximum Gasteiger partial charge on any atom is 0.313 e. The molecule has 1 aliphatic carbocycles. The number of nitrogens with one attached hydrogen (secondary N) is 2. The predicted molar refractivity (Wildman–Crippen MR) is 103 cm³/mol. The van der Waals surface area contributed by atoms with Crippen LogP contribution in [0.25, 0.3) is 0 Å². The van der Waals surface area contributed by atoms with E-state index in [1.165, 1.54) is 44.9 Å². The van der Waals surface area contributed by atoms with E-state index in [-0.39, 0.29) is 6.04 Å². The lowest BCUT2D eigenvalue weighted by atomic mass is 9.98. The van der Waals surface area contributed by atoms with Gasteiger partial charge in [0.15, 0.2) is 0 Å². The molecule has 0 unspecified atom stereocenters. The van der Waals surface area contributed by atoms with Crippen molar-refractivity contribution in [3.05, 3.63) is 29.8 Å². The quantitative estimate of drug-likeness (QED) is 0.763. The second-order valence-electron chi connectivity index (χ2n) is 7.25. The molecule has 0 aromatic heterocycles. The number of benzene rings is 1. The Kier molecular flexibility index (Phi) is 8.50. The lowest BCUT2D eigenvalue weighted by molar-refractivity contribution is -0.136. The molecule has 0 heterocycles. The molecule has 1 aromatic carbocycles. The van der Waals surface area contributed by atoms with Crippen molar-refractivity contribution in [3.8, 4) is 0 Å². The second-order valence-corrected chi connectivity index (χ2v) is 7.25. The van der Waals surface area contributed by atoms with Crippen LogP contribution >= 0.6 is 0 Å². The SMILES string of the molecule is Cc1cccc(NC(=O)C(=O)NC2CCCCCCCCCCC2)c1. The molecule has 1 fully saturated rings. The summed E-state index contributed by atoms with van der Waals surface area (Å²) in [5, 5.41) is 5.64. The zero-order chi connectivity index (χ0) is 17.9. The number of hydrogen-bond donors (Lipinski definition) is 2. The monoisotopic (exact) mass is 344 g/mol. The van der Waals surface area contributed by atoms with Gasteiger partial charge in [-0.05, 0) is 37.5 Å². The molecule has 25 heavy (non-hydrogen) atoms. The Morgan fingerprint density at radius 3 is 1.96 bits per heavy atom. The van der Waals surface area contributed by atoms with Crippen molar-refractivity contribution < 1.29 is 9.59 Å². The summed E-state index contributed by atoms with van der Waals surface area (Å²) < 4.78 is 0. The van der Waals surface area contributed by atoms with Gasteiger partial charge in [0.1, 0.15) is 0 Å². The first-order valence-electron chi connectivity index (χ1n) is 9.83. The molecule has 4 heteroatoms. The van der Waals surface area contributed by atoms with Gasteiger partial charge in [-0.1, -0.05) is 69.9 Å². The van der Waals surface area contributed by atoms with Gasteiger partial charge >= 0.3 is 11.8 Å². The zero-order valence-electron chi connectivity index (χ0n) is 15.5. The summed E-state index contributed by atoms with van der Waals surface area (Å²) in [4.78, 5) is 24.4. The van der Waals surface area contributed by atoms with Crippen molar-refractivity contribution in [3.63, 3.8) is 0 Å². The van der Waals surface area contributed by atoms with Crippen LogP contribution in [0.4, 0.5) is 5.69 Å². The molecule has 0 spiro atoms. The van der Waals surface area contributed by atoms with Gasteiger partial charge in [-0.2, -0.15) is 0 Å². The van der Waals surface area contributed by atoms with Crippen LogP contribution in [-0.2, 0) is 9.59 Å². The van der Waals surface area contributed by atoms with Crippen LogP contribution in [0, 0.1) is 6.92 Å². The highest BCUT2D eigenvalue weighted by molar-refractivity contribution is 6.39. The van der Waals surface area contributed by atoms with Crippen molar-refractivity contribution in [2.24, 2.45) is 0 Å². The highest BCUT2D eigenvalue weighted by atomic mass is 16.2. The standard InChI is InChI=1S/C21H32N2O2/c1-17-12-11-15-19(16-17)23-21(25)20(24)22-18-13-9-7-5-3-2-4-6-8-10-14-18/h11-12,15-16,18H,2-10,13-14H2,1H3,(H,22,24)(H,23,25). The third-order valence-corrected chi connectivity index (χ3v) is 4.92. The fourth-order valence-corrected chi connectivity index (χ4v) is 3.47. The van der Waals surface area contributed by atoms with Gasteiger partial charge in [-0.25, -0.2) is 0 Å². The second kappa shape index (κ2) is 10.9. The van der Waals surface area contributed by atoms with E-state index in [1.54, 1.807) is 6.07 Å². The van der Waals surface area contributed by atoms with E-state index in [9.17, 15) is 9.59 Å². The third-order valence-electron chi connectivity index (χ3n) is 4.92. The molecule has 138 valence electrons. The molecule has 2 N–H and O–H groups in total. The molecule has 2 rings (SSSR count). The van der Waals surface area contributed by atoms with E-state index in [2.05, 4.69) is 10.6 Å². The minimum Gasteiger partial charge on any atom is -0.345 e. The fraction of sp³-hybridized carbons (Fsp3) is 0.619. The van der Waals surface area contributed by atoms with Crippen LogP contribution in [0.5, 0.6) is 0 Å². The smallest absolute Gasteiger partial charge is 0.313 e. The number of amides is 2. The van der Waals surface area contributed by atoms with Gasteiger partial charge in [-0.3, -0.25) is 9.59 Å². The Morgan fingerprint density at radius 1 is 0.840 bits per heavy atom. The zero-order valence-corrected chi connectivity index (χ0v) is 15.5. The van der Waals surface area contributed by atoms with E-state index < -0.39 is 11.8 Å². The van der Waals surface area contributed by atoms with Crippen LogP contribution in [-0.4, -0.2) is 17.9 Å². The summed E-state index contributed by atoms with van der Waals surface area (Å²) in [6, 6.07) is 7.61. The number of aryl methyl sites for hydroxylation is 1. The van der Waals surface area contributed by atoms with E-state index in [0.29, 0.717) is 5.69 Å². The first kappa shape index (κ1) is 19.5. The maximum absolute atomic E-state index is 12.3. The molecular weight excluding hydrogens is 312 g/mol. The van der Waals surface area contributed by atoms with Gasteiger partial charge in [0.2, 0.25) is 0 Å². The summed E-state index contributed by atoms with van der Waals surface area (Å²) >= 11 is 0. The van der Waals surface area contributed by atoms with Crippen molar-refractivity contribution in [2.45, 2.75) is 83.6 Å². The van der Waals surface area contributed by atoms with Crippen molar-refractivity contribution in [2.75, 3.05) is 5.32 Å². The Bertz CT molecular complexity index is 545. The number of hydrogen-bond acceptors (Lipinski definition) is 2. The highest BCUT2D eigenvalue weighted by Crippen LogP contribution is 2.17. The van der Waals surface area contributed by atoms with Gasteiger partial charge in [-0.15, -0.1) is 0 Å². The Labute approximate surface area is 151 Å². The van der Waals surface area contributed by atoms with Crippen LogP contribution in [0.3, 0.4) is 0 Å². The van der Waals surface area contributed by atoms with Gasteiger partial charge in [0.05, 0.1) is 0 Å². The molecule has 0 atom stereocenters. The molecule has 1 aliphatic rings. The minimum atomic E-state index is -0.572. The fourth-order valence-electron chi connectivity index (χ4n) is 3.47. The first-order valence-corrected chi connectivity index (χ1v) is 9.83. The summed E-state index contributed by atoms with van der Waals surface area (Å²) in [7, 11) is 0. The van der Waals surface area contributed by atoms with E-state index in [1.807, 2.05) is 25.1 Å². The third kappa shape index (κ3) is 7.72. The molecule has 0 radical (unpaired) electrons. The average molecular weight is 344 g/mol. The minimum absolute atomic E-state index is 0.121. The van der Waals surface area contributed by atoms with Crippen LogP contribution in [0.2, 0.25) is 0 Å². The van der Waals surface area contributed by atoms with E-state index in [0.717, 1.165) is 31.2 Å². The lowest BCUT2D eigenvalue weighted by Crippen LogP contribution is -2.41. The Morgan fingerprint density at radius 2 is 1.40 bits per heavy atom. The summed E-state index contributed by atoms with van der Waals surface area (Å²) in [6.07, 6.45) is 13.2. The highest BCUT2D eigenvalue weighted by Gasteiger charge is 2.18. The average Bonchev–Trinajstić information content (AvgIpc) is 2.57. The van der Waals surface area contributed by atoms with Crippen LogP contribution in [0.15, 0.2) is 24.3 Å². The normalized spacial score (nSPS) is 17.8. The largest absolute Gasteiger partial charge is 0.345 e. The van der Waals surface area contributed by atoms with E-state index >= 15 is 0 Å². The molecule has 0 saturated heterocycles. The predicted octanol–water partition coefficient (Wildman–Crippen LogP) is 4.72. The van der Waals surface area contributed by atoms with Crippen LogP contribution in [0.1, 0.15) is 76.2 Å². The molecular formula is C21H32N2O2. The molecule has 0 aliphatic heterocycles. The maximum atomic E-state index is 12.3. The lowest BCUT2D eigenvalue weighted by Gasteiger charge is -2.19. The van der Waals surface area contributed by atoms with Crippen LogP contribution < -0.4 is 10.6 Å². The molecule has 2 amide bonds. The molecule has 4 nitrogen and oxygen atoms in total. The molecule has 1 aromatic rings. The molecule has 0 bridgehead atoms. The first-order chi connectivity index (χ1) is 12.1.